The summed E-state index contributed by atoms with van der Waals surface area (Å²) in [6.45, 7) is 0. The van der Waals surface area contributed by atoms with Gasteiger partial charge in [0, 0.05) is 0 Å². The highest BCUT2D eigenvalue weighted by Gasteiger charge is 1.77. The van der Waals surface area contributed by atoms with Crippen molar-refractivity contribution in [3.8, 4) is 0 Å². The third-order valence-electron chi connectivity index (χ3n) is 0.352. The summed E-state index contributed by atoms with van der Waals surface area (Å²) in [6.07, 6.45) is 3.14. The Morgan fingerprint density at radius 2 is 2.67 bits per heavy atom. The maximum absolute atomic E-state index is 11.4. The van der Waals surface area contributed by atoms with Crippen LogP contribution in [0.25, 0.3) is 0 Å². The average Bonchev–Trinajstić information content (AvgIpc) is 1.86. The van der Waals surface area contributed by atoms with Crippen molar-refractivity contribution in [1.29, 1.82) is 0 Å². The van der Waals surface area contributed by atoms with E-state index in [1.807, 2.05) is 0 Å². The first kappa shape index (κ1) is 3.27. The highest BCUT2D eigenvalue weighted by molar-refractivity contribution is 4.53. The van der Waals surface area contributed by atoms with Gasteiger partial charge in [0.1, 0.15) is 6.20 Å². The zero-order chi connectivity index (χ0) is 4.41. The molecule has 0 aromatic carbocycles. The molecule has 1 radical (unpaired) electrons. The molecule has 0 unspecified atom stereocenters. The monoisotopic (exact) mass is 86.0 g/mol. The third kappa shape index (κ3) is 0.357. The first-order chi connectivity index (χ1) is 2.89. The Morgan fingerprint density at radius 1 is 1.83 bits per heavy atom. The summed E-state index contributed by atoms with van der Waals surface area (Å²) in [5.41, 5.74) is 0. The minimum Gasteiger partial charge on any atom is -0.126 e. The zero-order valence-corrected chi connectivity index (χ0v) is 2.80. The lowest BCUT2D eigenvalue weighted by molar-refractivity contribution is 0.306. The second-order valence-electron chi connectivity index (χ2n) is 0.736. The Morgan fingerprint density at radius 3 is 2.83 bits per heavy atom. The molecule has 1 rings (SSSR count). The van der Waals surface area contributed by atoms with E-state index in [1.165, 1.54) is 0 Å². The van der Waals surface area contributed by atoms with Crippen LogP contribution in [-0.4, -0.2) is 15.2 Å². The maximum Gasteiger partial charge on any atom is 0.138 e. The van der Waals surface area contributed by atoms with E-state index in [4.69, 9.17) is 0 Å². The lowest BCUT2D eigenvalue weighted by Crippen LogP contribution is -1.78. The number of nitrogens with zero attached hydrogens (tertiary/aromatic N) is 3. The highest BCUT2D eigenvalue weighted by Crippen LogP contribution is 1.71. The van der Waals surface area contributed by atoms with Gasteiger partial charge in [-0.3, -0.25) is 0 Å². The summed E-state index contributed by atoms with van der Waals surface area (Å²) >= 11 is 0. The third-order valence-corrected chi connectivity index (χ3v) is 0.352. The van der Waals surface area contributed by atoms with Crippen molar-refractivity contribution in [1.82, 2.24) is 15.2 Å². The fraction of sp³-hybridized carbons (Fsp3) is 0. The van der Waals surface area contributed by atoms with Crippen LogP contribution in [0.15, 0.2) is 6.20 Å². The number of halogens is 1. The average molecular weight is 86.0 g/mol. The second-order valence-corrected chi connectivity index (χ2v) is 0.736. The van der Waals surface area contributed by atoms with Crippen LogP contribution < -0.4 is 0 Å². The van der Waals surface area contributed by atoms with E-state index in [0.29, 0.717) is 0 Å². The predicted octanol–water partition coefficient (Wildman–Crippen LogP) is -0.189. The van der Waals surface area contributed by atoms with Gasteiger partial charge in [-0.2, -0.15) is 0 Å². The van der Waals surface area contributed by atoms with Crippen LogP contribution in [0, 0.1) is 6.20 Å². The Balaban J connectivity index is 3.05. The van der Waals surface area contributed by atoms with Crippen LogP contribution in [-0.2, 0) is 0 Å². The molecule has 0 atom stereocenters. The fourth-order valence-electron chi connectivity index (χ4n) is 0.168. The number of rotatable bonds is 0. The van der Waals surface area contributed by atoms with Gasteiger partial charge in [0.05, 0.1) is 6.20 Å². The predicted molar refractivity (Wildman–Crippen MR) is 15.4 cm³/mol. The summed E-state index contributed by atoms with van der Waals surface area (Å²) in [7, 11) is 0. The molecule has 0 spiro atoms. The first-order valence-electron chi connectivity index (χ1n) is 1.34. The molecule has 0 N–H and O–H groups in total. The van der Waals surface area contributed by atoms with Gasteiger partial charge in [-0.25, -0.2) is 0 Å². The van der Waals surface area contributed by atoms with E-state index < -0.39 is 0 Å². The second kappa shape index (κ2) is 1.04. The van der Waals surface area contributed by atoms with Crippen molar-refractivity contribution in [3.05, 3.63) is 12.4 Å². The van der Waals surface area contributed by atoms with Gasteiger partial charge in [-0.1, -0.05) is 9.39 Å². The van der Waals surface area contributed by atoms with Crippen molar-refractivity contribution >= 4 is 0 Å². The van der Waals surface area contributed by atoms with Crippen molar-refractivity contribution in [2.45, 2.75) is 0 Å². The van der Waals surface area contributed by atoms with Crippen LogP contribution in [0.3, 0.4) is 0 Å². The number of aromatic nitrogens is 3. The fourth-order valence-corrected chi connectivity index (χ4v) is 0.168. The highest BCUT2D eigenvalue weighted by atomic mass is 19.2. The summed E-state index contributed by atoms with van der Waals surface area (Å²) in [5, 5.41) is 5.90. The molecule has 1 heterocycles. The Kier molecular flexibility index (Phi) is 0.567. The molecule has 4 heteroatoms. The lowest BCUT2D eigenvalue weighted by Gasteiger charge is -1.66. The van der Waals surface area contributed by atoms with Gasteiger partial charge in [0.25, 0.3) is 0 Å². The van der Waals surface area contributed by atoms with Crippen molar-refractivity contribution in [2.75, 3.05) is 0 Å². The Labute approximate surface area is 33.3 Å². The molecule has 1 aromatic heterocycles. The zero-order valence-electron chi connectivity index (χ0n) is 2.80. The van der Waals surface area contributed by atoms with Crippen LogP contribution in [0.5, 0.6) is 0 Å². The van der Waals surface area contributed by atoms with Crippen LogP contribution in [0.4, 0.5) is 4.48 Å². The topological polar surface area (TPSA) is 30.7 Å². The normalized spacial score (nSPS) is 8.83. The van der Waals surface area contributed by atoms with E-state index in [1.54, 1.807) is 0 Å². The molecule has 0 aliphatic carbocycles. The Bertz CT molecular complexity index is 112. The molecular weight excluding hydrogens is 85.0 g/mol. The molecule has 0 aliphatic heterocycles. The number of hydrogen-bond donors (Lipinski definition) is 0. The molecule has 31 valence electrons. The smallest absolute Gasteiger partial charge is 0.126 e. The minimum absolute atomic E-state index is 0.0833. The molecule has 0 saturated heterocycles. The van der Waals surface area contributed by atoms with Gasteiger partial charge in [-0.15, -0.1) is 5.10 Å². The quantitative estimate of drug-likeness (QED) is 0.438. The number of hydrogen-bond acceptors (Lipinski definition) is 2. The van der Waals surface area contributed by atoms with Gasteiger partial charge in [-0.05, 0) is 5.21 Å². The van der Waals surface area contributed by atoms with Crippen LogP contribution >= 0.6 is 0 Å². The maximum atomic E-state index is 11.4. The molecule has 3 nitrogen and oxygen atoms in total. The van der Waals surface area contributed by atoms with Gasteiger partial charge in [0.2, 0.25) is 0 Å². The minimum atomic E-state index is 0.0833. The molecule has 0 amide bonds. The summed E-state index contributed by atoms with van der Waals surface area (Å²) in [4.78, 5) is 0.0833. The standard InChI is InChI=1S/C2HFN3/c3-6-2-1-4-5-6/h2H. The molecule has 1 aromatic rings. The summed E-state index contributed by atoms with van der Waals surface area (Å²) < 4.78 is 11.4. The first-order valence-corrected chi connectivity index (χ1v) is 1.34. The molecule has 0 bridgehead atoms. The van der Waals surface area contributed by atoms with E-state index >= 15 is 0 Å². The van der Waals surface area contributed by atoms with Gasteiger partial charge in [0.15, 0.2) is 0 Å². The summed E-state index contributed by atoms with van der Waals surface area (Å²) in [5.74, 6) is 0. The van der Waals surface area contributed by atoms with Crippen molar-refractivity contribution in [3.63, 3.8) is 0 Å². The molecule has 0 saturated carbocycles. The largest absolute Gasteiger partial charge is 0.138 e. The van der Waals surface area contributed by atoms with E-state index in [0.717, 1.165) is 6.20 Å². The van der Waals surface area contributed by atoms with E-state index in [2.05, 4.69) is 16.5 Å². The van der Waals surface area contributed by atoms with Gasteiger partial charge < -0.3 is 0 Å². The van der Waals surface area contributed by atoms with E-state index in [-0.39, 0.29) is 4.90 Å². The SMILES string of the molecule is Fn1c[c]nn1. The van der Waals surface area contributed by atoms with Crippen LogP contribution in [0.1, 0.15) is 0 Å². The summed E-state index contributed by atoms with van der Waals surface area (Å²) in [6, 6.07) is 0. The molecular formula is C2HFN3. The van der Waals surface area contributed by atoms with Crippen LogP contribution in [0.2, 0.25) is 0 Å². The molecule has 0 fully saturated rings. The Hall–Kier alpha value is -0.930. The van der Waals surface area contributed by atoms with Crippen molar-refractivity contribution in [2.24, 2.45) is 0 Å². The van der Waals surface area contributed by atoms with Crippen molar-refractivity contribution < 1.29 is 4.48 Å². The lowest BCUT2D eigenvalue weighted by atomic mass is 11.0. The van der Waals surface area contributed by atoms with E-state index in [9.17, 15) is 4.48 Å². The molecule has 0 aliphatic rings. The van der Waals surface area contributed by atoms with Gasteiger partial charge >= 0.3 is 0 Å². The molecule has 6 heavy (non-hydrogen) atoms.